The molecule has 0 radical (unpaired) electrons. The Bertz CT molecular complexity index is 975. The SMILES string of the molecule is COc1cccc2c(C)cc(=O)n(CC(=O)Nc3nc(C)cs3)c12. The zero-order valence-electron chi connectivity index (χ0n) is 13.6. The van der Waals surface area contributed by atoms with Crippen molar-refractivity contribution in [2.75, 3.05) is 12.4 Å². The monoisotopic (exact) mass is 343 g/mol. The fourth-order valence-corrected chi connectivity index (χ4v) is 3.31. The Labute approximate surface area is 142 Å². The minimum Gasteiger partial charge on any atom is -0.495 e. The zero-order valence-corrected chi connectivity index (χ0v) is 14.4. The van der Waals surface area contributed by atoms with Gasteiger partial charge in [0, 0.05) is 16.8 Å². The summed E-state index contributed by atoms with van der Waals surface area (Å²) in [6, 6.07) is 7.08. The van der Waals surface area contributed by atoms with Crippen LogP contribution in [-0.2, 0) is 11.3 Å². The van der Waals surface area contributed by atoms with E-state index in [1.165, 1.54) is 22.0 Å². The van der Waals surface area contributed by atoms with Crippen LogP contribution >= 0.6 is 11.3 Å². The molecule has 1 aromatic carbocycles. The van der Waals surface area contributed by atoms with Crippen LogP contribution in [0, 0.1) is 13.8 Å². The largest absolute Gasteiger partial charge is 0.495 e. The molecule has 0 unspecified atom stereocenters. The van der Waals surface area contributed by atoms with Gasteiger partial charge in [0.2, 0.25) is 5.91 Å². The highest BCUT2D eigenvalue weighted by Gasteiger charge is 2.14. The molecule has 124 valence electrons. The maximum Gasteiger partial charge on any atom is 0.251 e. The summed E-state index contributed by atoms with van der Waals surface area (Å²) in [5, 5.41) is 5.98. The number of benzene rings is 1. The van der Waals surface area contributed by atoms with Crippen molar-refractivity contribution < 1.29 is 9.53 Å². The van der Waals surface area contributed by atoms with Crippen molar-refractivity contribution in [2.45, 2.75) is 20.4 Å². The van der Waals surface area contributed by atoms with Crippen molar-refractivity contribution in [3.05, 3.63) is 51.3 Å². The molecule has 0 fully saturated rings. The summed E-state index contributed by atoms with van der Waals surface area (Å²) < 4.78 is 6.81. The summed E-state index contributed by atoms with van der Waals surface area (Å²) in [7, 11) is 1.55. The van der Waals surface area contributed by atoms with E-state index in [0.29, 0.717) is 16.4 Å². The van der Waals surface area contributed by atoms with Gasteiger partial charge in [-0.2, -0.15) is 0 Å². The lowest BCUT2D eigenvalue weighted by atomic mass is 10.1. The molecule has 1 amide bonds. The third-order valence-electron chi connectivity index (χ3n) is 3.69. The van der Waals surface area contributed by atoms with Crippen molar-refractivity contribution in [3.8, 4) is 5.75 Å². The maximum absolute atomic E-state index is 12.4. The molecule has 0 atom stereocenters. The van der Waals surface area contributed by atoms with Crippen LogP contribution in [0.3, 0.4) is 0 Å². The number of pyridine rings is 1. The van der Waals surface area contributed by atoms with Crippen LogP contribution in [0.2, 0.25) is 0 Å². The highest BCUT2D eigenvalue weighted by atomic mass is 32.1. The summed E-state index contributed by atoms with van der Waals surface area (Å²) in [6.07, 6.45) is 0. The van der Waals surface area contributed by atoms with Crippen molar-refractivity contribution in [3.63, 3.8) is 0 Å². The van der Waals surface area contributed by atoms with Crippen molar-refractivity contribution in [2.24, 2.45) is 0 Å². The van der Waals surface area contributed by atoms with E-state index in [9.17, 15) is 9.59 Å². The first kappa shape index (κ1) is 16.2. The molecule has 3 aromatic rings. The number of aromatic nitrogens is 2. The average molecular weight is 343 g/mol. The van der Waals surface area contributed by atoms with Crippen molar-refractivity contribution in [1.29, 1.82) is 0 Å². The number of amides is 1. The number of hydrogen-bond acceptors (Lipinski definition) is 5. The second kappa shape index (κ2) is 6.45. The first-order valence-corrected chi connectivity index (χ1v) is 8.26. The Morgan fingerprint density at radius 3 is 2.83 bits per heavy atom. The fourth-order valence-electron chi connectivity index (χ4n) is 2.61. The standard InChI is InChI=1S/C17H17N3O3S/c1-10-7-15(22)20(16-12(10)5-4-6-13(16)23-3)8-14(21)19-17-18-11(2)9-24-17/h4-7,9H,8H2,1-3H3,(H,18,19,21). The molecule has 0 bridgehead atoms. The van der Waals surface area contributed by atoms with Gasteiger partial charge in [-0.15, -0.1) is 11.3 Å². The molecule has 7 heteroatoms. The maximum atomic E-state index is 12.4. The smallest absolute Gasteiger partial charge is 0.251 e. The van der Waals surface area contributed by atoms with E-state index in [1.54, 1.807) is 13.2 Å². The van der Waals surface area contributed by atoms with Gasteiger partial charge in [-0.05, 0) is 25.5 Å². The molecule has 24 heavy (non-hydrogen) atoms. The number of nitrogens with one attached hydrogen (secondary N) is 1. The van der Waals surface area contributed by atoms with E-state index < -0.39 is 0 Å². The molecule has 1 N–H and O–H groups in total. The van der Waals surface area contributed by atoms with E-state index in [4.69, 9.17) is 4.74 Å². The fraction of sp³-hybridized carbons (Fsp3) is 0.235. The van der Waals surface area contributed by atoms with E-state index in [2.05, 4.69) is 10.3 Å². The zero-order chi connectivity index (χ0) is 17.3. The van der Waals surface area contributed by atoms with Crippen molar-refractivity contribution in [1.82, 2.24) is 9.55 Å². The van der Waals surface area contributed by atoms with Gasteiger partial charge in [0.1, 0.15) is 12.3 Å². The number of thiazole rings is 1. The van der Waals surface area contributed by atoms with Gasteiger partial charge >= 0.3 is 0 Å². The van der Waals surface area contributed by atoms with Crippen LogP contribution < -0.4 is 15.6 Å². The summed E-state index contributed by atoms with van der Waals surface area (Å²) in [5.74, 6) is 0.258. The summed E-state index contributed by atoms with van der Waals surface area (Å²) in [4.78, 5) is 29.0. The number of carbonyl (C=O) groups is 1. The molecule has 2 heterocycles. The van der Waals surface area contributed by atoms with Crippen LogP contribution in [0.5, 0.6) is 5.75 Å². The number of ether oxygens (including phenoxy) is 1. The molecule has 0 aliphatic rings. The Morgan fingerprint density at radius 2 is 2.17 bits per heavy atom. The third-order valence-corrected chi connectivity index (χ3v) is 4.56. The quantitative estimate of drug-likeness (QED) is 0.790. The van der Waals surface area contributed by atoms with Crippen LogP contribution in [0.25, 0.3) is 10.9 Å². The Hall–Kier alpha value is -2.67. The number of carbonyl (C=O) groups excluding carboxylic acids is 1. The highest BCUT2D eigenvalue weighted by molar-refractivity contribution is 7.13. The van der Waals surface area contributed by atoms with Gasteiger partial charge in [-0.1, -0.05) is 12.1 Å². The molecule has 0 spiro atoms. The molecule has 6 nitrogen and oxygen atoms in total. The van der Waals surface area contributed by atoms with E-state index >= 15 is 0 Å². The van der Waals surface area contributed by atoms with Crippen molar-refractivity contribution >= 4 is 33.3 Å². The molecule has 0 aliphatic heterocycles. The minimum atomic E-state index is -0.303. The molecule has 0 saturated carbocycles. The molecule has 0 saturated heterocycles. The van der Waals surface area contributed by atoms with Crippen LogP contribution in [0.15, 0.2) is 34.4 Å². The van der Waals surface area contributed by atoms with Gasteiger partial charge in [-0.25, -0.2) is 4.98 Å². The van der Waals surface area contributed by atoms with Crippen LogP contribution in [0.4, 0.5) is 5.13 Å². The number of fused-ring (bicyclic) bond motifs is 1. The number of methoxy groups -OCH3 is 1. The molecule has 0 aliphatic carbocycles. The number of hydrogen-bond donors (Lipinski definition) is 1. The minimum absolute atomic E-state index is 0.103. The summed E-state index contributed by atoms with van der Waals surface area (Å²) in [5.41, 5.74) is 2.07. The topological polar surface area (TPSA) is 73.2 Å². The van der Waals surface area contributed by atoms with E-state index in [1.807, 2.05) is 31.4 Å². The van der Waals surface area contributed by atoms with Gasteiger partial charge in [0.05, 0.1) is 18.3 Å². The lowest BCUT2D eigenvalue weighted by Crippen LogP contribution is -2.28. The third kappa shape index (κ3) is 3.03. The number of rotatable bonds is 4. The van der Waals surface area contributed by atoms with Crippen LogP contribution in [0.1, 0.15) is 11.3 Å². The molecule has 2 aromatic heterocycles. The van der Waals surface area contributed by atoms with Gasteiger partial charge in [0.15, 0.2) is 5.13 Å². The molecule has 3 rings (SSSR count). The van der Waals surface area contributed by atoms with E-state index in [-0.39, 0.29) is 18.0 Å². The highest BCUT2D eigenvalue weighted by Crippen LogP contribution is 2.26. The molecular weight excluding hydrogens is 326 g/mol. The number of para-hydroxylation sites is 1. The average Bonchev–Trinajstić information content (AvgIpc) is 2.95. The Morgan fingerprint density at radius 1 is 1.38 bits per heavy atom. The Balaban J connectivity index is 2.02. The van der Waals surface area contributed by atoms with Crippen LogP contribution in [-0.4, -0.2) is 22.6 Å². The lowest BCUT2D eigenvalue weighted by Gasteiger charge is -2.14. The first-order chi connectivity index (χ1) is 11.5. The summed E-state index contributed by atoms with van der Waals surface area (Å²) in [6.45, 7) is 3.62. The second-order valence-corrected chi connectivity index (χ2v) is 6.31. The number of anilines is 1. The lowest BCUT2D eigenvalue weighted by molar-refractivity contribution is -0.116. The molecular formula is C17H17N3O3S. The number of aryl methyl sites for hydroxylation is 2. The van der Waals surface area contributed by atoms with Gasteiger partial charge in [-0.3, -0.25) is 14.2 Å². The number of nitrogens with zero attached hydrogens (tertiary/aromatic N) is 2. The van der Waals surface area contributed by atoms with E-state index in [0.717, 1.165) is 16.6 Å². The van der Waals surface area contributed by atoms with Gasteiger partial charge in [0.25, 0.3) is 5.56 Å². The Kier molecular flexibility index (Phi) is 4.35. The summed E-state index contributed by atoms with van der Waals surface area (Å²) >= 11 is 1.35. The first-order valence-electron chi connectivity index (χ1n) is 7.38. The predicted molar refractivity (Wildman–Crippen MR) is 95.0 cm³/mol. The van der Waals surface area contributed by atoms with Gasteiger partial charge < -0.3 is 10.1 Å². The normalized spacial score (nSPS) is 10.8. The predicted octanol–water partition coefficient (Wildman–Crippen LogP) is 2.72. The second-order valence-electron chi connectivity index (χ2n) is 5.45.